The number of hydrogen-bond acceptors (Lipinski definition) is 8. The van der Waals surface area contributed by atoms with Gasteiger partial charge in [0.05, 0.1) is 18.6 Å². The summed E-state index contributed by atoms with van der Waals surface area (Å²) in [5, 5.41) is 21.5. The van der Waals surface area contributed by atoms with Gasteiger partial charge in [-0.2, -0.15) is 9.97 Å². The van der Waals surface area contributed by atoms with E-state index < -0.39 is 38.3 Å². The van der Waals surface area contributed by atoms with Crippen molar-refractivity contribution in [3.63, 3.8) is 0 Å². The first kappa shape index (κ1) is 41.1. The molecular weight excluding hydrogens is 653 g/mol. The summed E-state index contributed by atoms with van der Waals surface area (Å²) < 4.78 is 18.9. The maximum atomic E-state index is 11.4. The highest BCUT2D eigenvalue weighted by atomic mass is 35.5. The number of aliphatic hydroxyl groups excluding tert-OH is 2. The van der Waals surface area contributed by atoms with Gasteiger partial charge >= 0.3 is 7.60 Å². The van der Waals surface area contributed by atoms with Gasteiger partial charge in [0, 0.05) is 13.1 Å². The molecule has 1 aliphatic rings. The lowest BCUT2D eigenvalue weighted by molar-refractivity contribution is -0.0355. The molecule has 3 rings (SSSR count). The van der Waals surface area contributed by atoms with Gasteiger partial charge in [-0.3, -0.25) is 9.13 Å². The highest BCUT2D eigenvalue weighted by molar-refractivity contribution is 7.51. The summed E-state index contributed by atoms with van der Waals surface area (Å²) >= 11 is 6.50. The largest absolute Gasteiger partial charge is 0.388 e. The van der Waals surface area contributed by atoms with Crippen molar-refractivity contribution in [2.45, 2.75) is 173 Å². The van der Waals surface area contributed by atoms with Gasteiger partial charge in [0.1, 0.15) is 12.2 Å². The Morgan fingerprint density at radius 3 is 1.73 bits per heavy atom. The van der Waals surface area contributed by atoms with E-state index >= 15 is 0 Å². The molecule has 0 aromatic carbocycles. The molecule has 11 nitrogen and oxygen atoms in total. The van der Waals surface area contributed by atoms with Gasteiger partial charge in [-0.15, -0.1) is 0 Å². The number of aromatic nitrogens is 4. The van der Waals surface area contributed by atoms with Crippen molar-refractivity contribution in [1.82, 2.24) is 19.5 Å². The fourth-order valence-electron chi connectivity index (χ4n) is 6.68. The molecule has 3 heterocycles. The van der Waals surface area contributed by atoms with E-state index in [0.717, 1.165) is 38.8 Å². The summed E-state index contributed by atoms with van der Waals surface area (Å²) in [7, 11) is -4.29. The molecule has 1 fully saturated rings. The van der Waals surface area contributed by atoms with Crippen molar-refractivity contribution in [1.29, 1.82) is 0 Å². The lowest BCUT2D eigenvalue weighted by atomic mass is 10.1. The zero-order valence-electron chi connectivity index (χ0n) is 29.5. The summed E-state index contributed by atoms with van der Waals surface area (Å²) in [5.41, 5.74) is 0.926. The minimum Gasteiger partial charge on any atom is -0.388 e. The molecule has 2 aromatic rings. The smallest absolute Gasteiger partial charge is 0.325 e. The van der Waals surface area contributed by atoms with Gasteiger partial charge in [-0.05, 0) is 30.9 Å². The van der Waals surface area contributed by atoms with Crippen molar-refractivity contribution in [2.75, 3.05) is 24.2 Å². The van der Waals surface area contributed by atoms with Crippen LogP contribution in [-0.2, 0) is 9.30 Å². The van der Waals surface area contributed by atoms with Crippen LogP contribution in [0.4, 0.5) is 5.82 Å². The minimum absolute atomic E-state index is 0.0569. The number of nitrogens with zero attached hydrogens (tertiary/aromatic N) is 5. The second kappa shape index (κ2) is 22.5. The first-order valence-corrected chi connectivity index (χ1v) is 21.0. The van der Waals surface area contributed by atoms with Gasteiger partial charge in [-0.1, -0.05) is 129 Å². The Hall–Kier alpha value is -1.33. The van der Waals surface area contributed by atoms with Crippen molar-refractivity contribution < 1.29 is 29.3 Å². The zero-order chi connectivity index (χ0) is 34.8. The Bertz CT molecular complexity index is 1190. The average molecular weight is 716 g/mol. The Labute approximate surface area is 293 Å². The van der Waals surface area contributed by atoms with Gasteiger partial charge in [-0.25, -0.2) is 4.98 Å². The van der Waals surface area contributed by atoms with Crippen LogP contribution in [0, 0.1) is 0 Å². The second-order valence-electron chi connectivity index (χ2n) is 13.7. The molecule has 1 aliphatic heterocycles. The number of unbranched alkanes of at least 4 members (excludes halogenated alkanes) is 18. The molecule has 1 unspecified atom stereocenters. The number of ether oxygens (including phenoxy) is 1. The summed E-state index contributed by atoms with van der Waals surface area (Å²) in [4.78, 5) is 34.6. The highest BCUT2D eigenvalue weighted by Crippen LogP contribution is 2.40. The van der Waals surface area contributed by atoms with Crippen LogP contribution in [0.1, 0.15) is 155 Å². The van der Waals surface area contributed by atoms with Crippen LogP contribution in [0.25, 0.3) is 11.2 Å². The Kier molecular flexibility index (Phi) is 19.2. The molecule has 1 saturated heterocycles. The fraction of sp³-hybridized carbons (Fsp3) is 0.857. The van der Waals surface area contributed by atoms with E-state index in [1.54, 1.807) is 0 Å². The number of fused-ring (bicyclic) bond motifs is 1. The van der Waals surface area contributed by atoms with Crippen LogP contribution < -0.4 is 4.90 Å². The fourth-order valence-corrected chi connectivity index (χ4v) is 7.43. The lowest BCUT2D eigenvalue weighted by Gasteiger charge is -2.24. The standard InChI is InChI=1S/C35H63ClN5O6P/c1-3-5-7-9-11-13-15-17-19-21-24-40(25-22-20-18-16-14-12-10-8-6-4-2)32-29-33(39-35(36)38-32)41(27-37-29)34-31(43)30(42)28(47-34)23-26-48(44,45)46/h27-28,30-31,34,42-43H,3-26H2,1-2H3,(H2,44,45,46)/t28-,30?,31+,34-/m1/s1. The van der Waals surface area contributed by atoms with Crippen molar-refractivity contribution in [2.24, 2.45) is 0 Å². The molecule has 0 spiro atoms. The SMILES string of the molecule is CCCCCCCCCCCCN(CCCCCCCCCCCC)c1nc(Cl)nc2c1ncn2[C@@H]1O[C@H](CCP(=O)(O)O)C(O)[C@@H]1O. The number of hydrogen-bond donors (Lipinski definition) is 4. The van der Waals surface area contributed by atoms with E-state index in [4.69, 9.17) is 16.3 Å². The lowest BCUT2D eigenvalue weighted by Crippen LogP contribution is -2.32. The third-order valence-electron chi connectivity index (χ3n) is 9.55. The van der Waals surface area contributed by atoms with E-state index in [1.807, 2.05) is 0 Å². The van der Waals surface area contributed by atoms with E-state index in [-0.39, 0.29) is 11.7 Å². The van der Waals surface area contributed by atoms with Crippen LogP contribution in [0.5, 0.6) is 0 Å². The van der Waals surface area contributed by atoms with Crippen molar-refractivity contribution in [3.8, 4) is 0 Å². The Morgan fingerprint density at radius 1 is 0.771 bits per heavy atom. The predicted octanol–water partition coefficient (Wildman–Crippen LogP) is 8.31. The summed E-state index contributed by atoms with van der Waals surface area (Å²) in [6.45, 7) is 6.16. The first-order chi connectivity index (χ1) is 23.2. The van der Waals surface area contributed by atoms with Gasteiger partial charge in [0.25, 0.3) is 0 Å². The molecule has 13 heteroatoms. The molecular formula is C35H63ClN5O6P. The zero-order valence-corrected chi connectivity index (χ0v) is 31.2. The number of imidazole rings is 1. The second-order valence-corrected chi connectivity index (χ2v) is 15.8. The predicted molar refractivity (Wildman–Crippen MR) is 194 cm³/mol. The molecule has 0 saturated carbocycles. The van der Waals surface area contributed by atoms with E-state index in [1.165, 1.54) is 114 Å². The average Bonchev–Trinajstić information content (AvgIpc) is 3.59. The minimum atomic E-state index is -4.29. The van der Waals surface area contributed by atoms with Crippen molar-refractivity contribution >= 4 is 36.2 Å². The molecule has 48 heavy (non-hydrogen) atoms. The molecule has 0 radical (unpaired) electrons. The van der Waals surface area contributed by atoms with Gasteiger partial charge in [0.2, 0.25) is 5.28 Å². The molecule has 4 N–H and O–H groups in total. The topological polar surface area (TPSA) is 154 Å². The van der Waals surface area contributed by atoms with E-state index in [9.17, 15) is 24.6 Å². The molecule has 0 aliphatic carbocycles. The van der Waals surface area contributed by atoms with Crippen LogP contribution in [0.3, 0.4) is 0 Å². The molecule has 0 amide bonds. The van der Waals surface area contributed by atoms with Crippen LogP contribution >= 0.6 is 19.2 Å². The number of aliphatic hydroxyl groups is 2. The third-order valence-corrected chi connectivity index (χ3v) is 10.6. The number of anilines is 1. The molecule has 4 atom stereocenters. The van der Waals surface area contributed by atoms with Crippen LogP contribution in [-0.4, -0.2) is 77.1 Å². The Balaban J connectivity index is 1.65. The maximum Gasteiger partial charge on any atom is 0.325 e. The summed E-state index contributed by atoms with van der Waals surface area (Å²) in [5.74, 6) is 0.654. The third kappa shape index (κ3) is 14.1. The quantitative estimate of drug-likeness (QED) is 0.0403. The normalized spacial score (nSPS) is 19.9. The molecule has 276 valence electrons. The maximum absolute atomic E-state index is 11.4. The molecule has 0 bridgehead atoms. The number of halogens is 1. The van der Waals surface area contributed by atoms with E-state index in [0.29, 0.717) is 17.0 Å². The Morgan fingerprint density at radius 2 is 1.25 bits per heavy atom. The van der Waals surface area contributed by atoms with Crippen LogP contribution in [0.15, 0.2) is 6.33 Å². The van der Waals surface area contributed by atoms with Gasteiger partial charge in [0.15, 0.2) is 23.2 Å². The first-order valence-electron chi connectivity index (χ1n) is 18.9. The van der Waals surface area contributed by atoms with E-state index in [2.05, 4.69) is 33.7 Å². The monoisotopic (exact) mass is 715 g/mol. The highest BCUT2D eigenvalue weighted by Gasteiger charge is 2.44. The summed E-state index contributed by atoms with van der Waals surface area (Å²) in [6.07, 6.45) is 21.5. The van der Waals surface area contributed by atoms with Crippen molar-refractivity contribution in [3.05, 3.63) is 11.6 Å². The van der Waals surface area contributed by atoms with Crippen LogP contribution in [0.2, 0.25) is 5.28 Å². The summed E-state index contributed by atoms with van der Waals surface area (Å²) in [6, 6.07) is 0. The molecule has 2 aromatic heterocycles. The van der Waals surface area contributed by atoms with Gasteiger partial charge < -0.3 is 29.6 Å². The number of rotatable bonds is 27.